The van der Waals surface area contributed by atoms with E-state index in [9.17, 15) is 28.3 Å². The second-order valence-electron chi connectivity index (χ2n) is 7.56. The number of benzene rings is 1. The summed E-state index contributed by atoms with van der Waals surface area (Å²) < 4.78 is 32.7. The van der Waals surface area contributed by atoms with Crippen molar-refractivity contribution in [2.24, 2.45) is 22.7 Å². The molecular weight excluding hydrogens is 346 g/mol. The van der Waals surface area contributed by atoms with E-state index in [2.05, 4.69) is 0 Å². The monoisotopic (exact) mass is 366 g/mol. The van der Waals surface area contributed by atoms with E-state index >= 15 is 0 Å². The molecule has 1 aromatic carbocycles. The second-order valence-corrected chi connectivity index (χ2v) is 7.56. The topological polar surface area (TPSA) is 80.7 Å². The average molecular weight is 366 g/mol. The van der Waals surface area contributed by atoms with Crippen molar-refractivity contribution in [1.82, 2.24) is 0 Å². The molecule has 2 aliphatic carbocycles. The zero-order chi connectivity index (χ0) is 19.4. The maximum atomic E-state index is 13.9. The van der Waals surface area contributed by atoms with E-state index in [1.54, 1.807) is 13.8 Å². The molecule has 0 amide bonds. The number of ketones is 2. The Balaban J connectivity index is 2.02. The van der Waals surface area contributed by atoms with Crippen LogP contribution in [-0.4, -0.2) is 35.9 Å². The van der Waals surface area contributed by atoms with Crippen LogP contribution in [0.5, 0.6) is 0 Å². The van der Waals surface area contributed by atoms with E-state index in [1.807, 2.05) is 0 Å². The van der Waals surface area contributed by atoms with E-state index in [0.29, 0.717) is 6.42 Å². The summed E-state index contributed by atoms with van der Waals surface area (Å²) in [7, 11) is 1.18. The molecule has 0 spiro atoms. The van der Waals surface area contributed by atoms with E-state index in [0.717, 1.165) is 18.2 Å². The highest BCUT2D eigenvalue weighted by Crippen LogP contribution is 2.67. The largest absolute Gasteiger partial charge is 0.468 e. The fourth-order valence-corrected chi connectivity index (χ4v) is 4.96. The first-order chi connectivity index (χ1) is 12.1. The number of hydrogen-bond acceptors (Lipinski definition) is 5. The van der Waals surface area contributed by atoms with Crippen molar-refractivity contribution < 1.29 is 33.0 Å². The Labute approximate surface area is 149 Å². The molecule has 26 heavy (non-hydrogen) atoms. The molecule has 1 N–H and O–H groups in total. The average Bonchev–Trinajstić information content (AvgIpc) is 2.94. The van der Waals surface area contributed by atoms with Gasteiger partial charge in [0.2, 0.25) is 0 Å². The van der Waals surface area contributed by atoms with Crippen LogP contribution in [0.2, 0.25) is 0 Å². The van der Waals surface area contributed by atoms with Crippen molar-refractivity contribution in [3.05, 3.63) is 35.4 Å². The Morgan fingerprint density at radius 3 is 2.38 bits per heavy atom. The molecule has 0 aromatic heterocycles. The molecule has 1 aromatic rings. The quantitative estimate of drug-likeness (QED) is 0.502. The minimum Gasteiger partial charge on any atom is -0.468 e. The molecule has 3 rings (SSSR count). The van der Waals surface area contributed by atoms with Gasteiger partial charge in [-0.2, -0.15) is 0 Å². The highest BCUT2D eigenvalue weighted by atomic mass is 19.1. The molecule has 5 nitrogen and oxygen atoms in total. The van der Waals surface area contributed by atoms with Gasteiger partial charge in [-0.25, -0.2) is 8.78 Å². The Hall–Kier alpha value is -2.15. The van der Waals surface area contributed by atoms with Gasteiger partial charge in [0, 0.05) is 0 Å². The smallest absolute Gasteiger partial charge is 0.319 e. The molecule has 2 bridgehead atoms. The van der Waals surface area contributed by atoms with Crippen molar-refractivity contribution in [3.8, 4) is 0 Å². The zero-order valence-corrected chi connectivity index (χ0v) is 14.7. The summed E-state index contributed by atoms with van der Waals surface area (Å²) in [6, 6.07) is 2.92. The number of fused-ring (bicyclic) bond motifs is 2. The third-order valence-electron chi connectivity index (χ3n) is 6.37. The summed E-state index contributed by atoms with van der Waals surface area (Å²) in [5.41, 5.74) is -3.16. The number of aliphatic hydroxyl groups is 1. The standard InChI is InChI=1S/C19H20F2O5/c1-18(2)9-7-8-19(18,17(25)26-3)16(24)12(9)14(22)15(23)13-10(20)5-4-6-11(13)21/h4-6,9,12,14,22H,7-8H2,1-3H3/t9?,12?,14?,19-/m1/s1. The minimum absolute atomic E-state index is 0.266. The highest BCUT2D eigenvalue weighted by Gasteiger charge is 2.74. The van der Waals surface area contributed by atoms with Crippen molar-refractivity contribution in [2.45, 2.75) is 32.8 Å². The van der Waals surface area contributed by atoms with Crippen molar-refractivity contribution in [2.75, 3.05) is 7.11 Å². The molecule has 2 aliphatic rings. The lowest BCUT2D eigenvalue weighted by Gasteiger charge is -2.33. The van der Waals surface area contributed by atoms with Crippen LogP contribution in [0, 0.1) is 34.3 Å². The van der Waals surface area contributed by atoms with Gasteiger partial charge >= 0.3 is 5.97 Å². The Kier molecular flexibility index (Phi) is 4.26. The van der Waals surface area contributed by atoms with Crippen LogP contribution in [0.4, 0.5) is 8.78 Å². The number of Topliss-reactive ketones (excluding diaryl/α,β-unsaturated/α-hetero) is 2. The number of hydrogen-bond donors (Lipinski definition) is 1. The van der Waals surface area contributed by atoms with Gasteiger partial charge in [0.05, 0.1) is 18.6 Å². The van der Waals surface area contributed by atoms with E-state index < -0.39 is 63.5 Å². The van der Waals surface area contributed by atoms with Gasteiger partial charge < -0.3 is 9.84 Å². The summed E-state index contributed by atoms with van der Waals surface area (Å²) in [4.78, 5) is 38.0. The van der Waals surface area contributed by atoms with Gasteiger partial charge in [-0.05, 0) is 36.3 Å². The molecule has 0 aliphatic heterocycles. The predicted octanol–water partition coefficient (Wildman–Crippen LogP) is 2.30. The maximum Gasteiger partial charge on any atom is 0.319 e. The SMILES string of the molecule is COC(=O)[C@@]12CCC(C(C(O)C(=O)c3c(F)cccc3F)C1=O)C2(C)C. The lowest BCUT2D eigenvalue weighted by atomic mass is 9.69. The van der Waals surface area contributed by atoms with E-state index in [-0.39, 0.29) is 6.42 Å². The fraction of sp³-hybridized carbons (Fsp3) is 0.526. The first-order valence-electron chi connectivity index (χ1n) is 8.40. The molecule has 140 valence electrons. The van der Waals surface area contributed by atoms with E-state index in [4.69, 9.17) is 4.74 Å². The number of halogens is 2. The number of carbonyl (C=O) groups is 3. The maximum absolute atomic E-state index is 13.9. The van der Waals surface area contributed by atoms with Crippen LogP contribution in [-0.2, 0) is 14.3 Å². The number of carbonyl (C=O) groups excluding carboxylic acids is 3. The summed E-state index contributed by atoms with van der Waals surface area (Å²) in [6.45, 7) is 3.45. The first-order valence-corrected chi connectivity index (χ1v) is 8.40. The van der Waals surface area contributed by atoms with Gasteiger partial charge in [-0.3, -0.25) is 14.4 Å². The molecule has 3 unspecified atom stereocenters. The highest BCUT2D eigenvalue weighted by molar-refractivity contribution is 6.12. The van der Waals surface area contributed by atoms with Crippen LogP contribution < -0.4 is 0 Å². The molecule has 0 radical (unpaired) electrons. The van der Waals surface area contributed by atoms with Gasteiger partial charge in [0.15, 0.2) is 11.6 Å². The zero-order valence-electron chi connectivity index (χ0n) is 14.7. The summed E-state index contributed by atoms with van der Waals surface area (Å²) >= 11 is 0. The number of ether oxygens (including phenoxy) is 1. The van der Waals surface area contributed by atoms with Gasteiger partial charge in [0.25, 0.3) is 0 Å². The van der Waals surface area contributed by atoms with E-state index in [1.165, 1.54) is 7.11 Å². The summed E-state index contributed by atoms with van der Waals surface area (Å²) in [5, 5.41) is 10.6. The van der Waals surface area contributed by atoms with Crippen LogP contribution in [0.1, 0.15) is 37.0 Å². The molecule has 4 atom stereocenters. The second kappa shape index (κ2) is 5.94. The summed E-state index contributed by atoms with van der Waals surface area (Å²) in [5.74, 6) is -6.37. The fourth-order valence-electron chi connectivity index (χ4n) is 4.96. The first kappa shape index (κ1) is 18.6. The predicted molar refractivity (Wildman–Crippen MR) is 86.1 cm³/mol. The number of rotatable bonds is 4. The van der Waals surface area contributed by atoms with Crippen LogP contribution in [0.3, 0.4) is 0 Å². The lowest BCUT2D eigenvalue weighted by Crippen LogP contribution is -2.47. The molecular formula is C19H20F2O5. The molecule has 2 fully saturated rings. The molecule has 7 heteroatoms. The number of methoxy groups -OCH3 is 1. The lowest BCUT2D eigenvalue weighted by molar-refractivity contribution is -0.162. The van der Waals surface area contributed by atoms with Crippen LogP contribution in [0.15, 0.2) is 18.2 Å². The molecule has 0 saturated heterocycles. The Bertz CT molecular complexity index is 783. The normalized spacial score (nSPS) is 30.3. The third kappa shape index (κ3) is 2.13. The summed E-state index contributed by atoms with van der Waals surface area (Å²) in [6.07, 6.45) is -1.23. The van der Waals surface area contributed by atoms with Crippen molar-refractivity contribution >= 4 is 17.5 Å². The third-order valence-corrected chi connectivity index (χ3v) is 6.37. The Morgan fingerprint density at radius 1 is 1.27 bits per heavy atom. The number of aliphatic hydroxyl groups excluding tert-OH is 1. The van der Waals surface area contributed by atoms with Gasteiger partial charge in [-0.1, -0.05) is 19.9 Å². The van der Waals surface area contributed by atoms with Crippen molar-refractivity contribution in [1.29, 1.82) is 0 Å². The molecule has 2 saturated carbocycles. The number of esters is 1. The van der Waals surface area contributed by atoms with Crippen LogP contribution in [0.25, 0.3) is 0 Å². The van der Waals surface area contributed by atoms with Crippen LogP contribution >= 0.6 is 0 Å². The minimum atomic E-state index is -1.93. The Morgan fingerprint density at radius 2 is 1.85 bits per heavy atom. The van der Waals surface area contributed by atoms with Gasteiger partial charge in [0.1, 0.15) is 23.2 Å². The van der Waals surface area contributed by atoms with Crippen molar-refractivity contribution in [3.63, 3.8) is 0 Å². The molecule has 0 heterocycles. The van der Waals surface area contributed by atoms with Gasteiger partial charge in [-0.15, -0.1) is 0 Å².